The van der Waals surface area contributed by atoms with E-state index in [2.05, 4.69) is 21.3 Å². The third-order valence-electron chi connectivity index (χ3n) is 17.1. The van der Waals surface area contributed by atoms with Crippen LogP contribution in [-0.4, -0.2) is 392 Å². The number of rotatable bonds is 25. The molecule has 42 nitrogen and oxygen atoms in total. The minimum absolute atomic E-state index is 0.836. The van der Waals surface area contributed by atoms with Crippen molar-refractivity contribution in [1.29, 1.82) is 0 Å². The summed E-state index contributed by atoms with van der Waals surface area (Å²) < 4.78 is 75.8. The predicted octanol–water partition coefficient (Wildman–Crippen LogP) is -15.5. The summed E-state index contributed by atoms with van der Waals surface area (Å²) in [5.41, 5.74) is 0. The maximum atomic E-state index is 13.1. The summed E-state index contributed by atoms with van der Waals surface area (Å²) in [6.07, 6.45) is -63.1. The number of carbonyl (C=O) groups excluding carboxylic acids is 4. The summed E-state index contributed by atoms with van der Waals surface area (Å²) in [6, 6.07) is -7.17. The van der Waals surface area contributed by atoms with Crippen molar-refractivity contribution in [2.45, 2.75) is 261 Å². The number of hydrogen-bond donors (Lipinski definition) is 24. The van der Waals surface area contributed by atoms with Gasteiger partial charge in [0, 0.05) is 34.1 Å². The van der Waals surface area contributed by atoms with Crippen LogP contribution in [0.2, 0.25) is 0 Å². The van der Waals surface area contributed by atoms with Gasteiger partial charge in [-0.25, -0.2) is 4.79 Å². The molecule has 0 aromatic carbocycles. The van der Waals surface area contributed by atoms with Gasteiger partial charge in [-0.1, -0.05) is 0 Å². The first-order chi connectivity index (χ1) is 44.7. The highest BCUT2D eigenvalue weighted by Crippen LogP contribution is 2.40. The zero-order valence-corrected chi connectivity index (χ0v) is 51.4. The molecule has 1 unspecified atom stereocenters. The SMILES string of the molecule is CC(=O)N[C@H]1[C@H](OC[C@H]2OC(O)[C@H](NC(C)=O)[C@@H](O[C@@H]3O[C@H](CO)[C@@H](O)[C@H](O[C@@H]4O[C@H](CO)[C@H](O)[C@H](O)[C@H]4O[C@@H]4O[C@@H](C)[C@@H](O)[C@@H](O)[C@@H]4O)[C@H]3NC(C)=O)[C@H]2O)O[C@H](CO)[C@@H](O[C@@H]2O[C@H](CO)[C@H](O)[C@H](O[C@]3(C(=O)O)C[C@H](O)[C@@H](NC(C)=O)[C@H]([C@H](O)[C@H](O)CO)O3)[C@H]2O)[C@@H]1O. The quantitative estimate of drug-likeness (QED) is 0.0404. The highest BCUT2D eigenvalue weighted by Gasteiger charge is 2.62. The van der Waals surface area contributed by atoms with Gasteiger partial charge in [-0.3, -0.25) is 19.2 Å². The van der Waals surface area contributed by atoms with E-state index < -0.39 is 296 Å². The lowest BCUT2D eigenvalue weighted by atomic mass is 9.88. The molecule has 0 spiro atoms. The third kappa shape index (κ3) is 17.5. The number of hydrogen-bond acceptors (Lipinski definition) is 37. The first-order valence-electron chi connectivity index (χ1n) is 30.1. The van der Waals surface area contributed by atoms with Crippen LogP contribution in [0.15, 0.2) is 0 Å². The van der Waals surface area contributed by atoms with Crippen molar-refractivity contribution in [3.8, 4) is 0 Å². The van der Waals surface area contributed by atoms with Crippen LogP contribution >= 0.6 is 0 Å². The van der Waals surface area contributed by atoms with Gasteiger partial charge in [0.15, 0.2) is 37.7 Å². The van der Waals surface area contributed by atoms with Gasteiger partial charge in [0.2, 0.25) is 23.6 Å². The van der Waals surface area contributed by atoms with Gasteiger partial charge < -0.3 is 185 Å². The maximum Gasteiger partial charge on any atom is 0.364 e. The normalized spacial score (nSPS) is 46.4. The molecule has 7 heterocycles. The molecule has 7 rings (SSSR count). The molecule has 0 bridgehead atoms. The van der Waals surface area contributed by atoms with Crippen molar-refractivity contribution in [2.24, 2.45) is 0 Å². The molecule has 36 atom stereocenters. The fourth-order valence-electron chi connectivity index (χ4n) is 12.1. The van der Waals surface area contributed by atoms with E-state index in [0.717, 1.165) is 27.7 Å². The summed E-state index contributed by atoms with van der Waals surface area (Å²) in [7, 11) is 0. The fourth-order valence-corrected chi connectivity index (χ4v) is 12.1. The monoisotopic (exact) mass is 1390 g/mol. The minimum atomic E-state index is -3.22. The van der Waals surface area contributed by atoms with E-state index in [1.165, 1.54) is 6.92 Å². The Kier molecular flexibility index (Phi) is 27.6. The number of aliphatic hydroxyl groups excluding tert-OH is 19. The predicted molar refractivity (Wildman–Crippen MR) is 294 cm³/mol. The van der Waals surface area contributed by atoms with Gasteiger partial charge in [-0.2, -0.15) is 0 Å². The first-order valence-corrected chi connectivity index (χ1v) is 30.1. The summed E-state index contributed by atoms with van der Waals surface area (Å²) in [6.45, 7) is -1.25. The van der Waals surface area contributed by atoms with E-state index in [9.17, 15) is 126 Å². The van der Waals surface area contributed by atoms with Gasteiger partial charge in [0.05, 0.1) is 57.9 Å². The molecule has 7 saturated heterocycles. The summed E-state index contributed by atoms with van der Waals surface area (Å²) in [4.78, 5) is 63.7. The number of ether oxygens (including phenoxy) is 13. The number of nitrogens with one attached hydrogen (secondary N) is 4. The second-order valence-corrected chi connectivity index (χ2v) is 24.0. The van der Waals surface area contributed by atoms with E-state index in [4.69, 9.17) is 61.6 Å². The van der Waals surface area contributed by atoms with Crippen LogP contribution in [0.25, 0.3) is 0 Å². The average molecular weight is 1390 g/mol. The second kappa shape index (κ2) is 33.5. The summed E-state index contributed by atoms with van der Waals surface area (Å²) >= 11 is 0. The van der Waals surface area contributed by atoms with Gasteiger partial charge in [0.25, 0.3) is 5.79 Å². The van der Waals surface area contributed by atoms with Crippen LogP contribution in [0.3, 0.4) is 0 Å². The number of aliphatic carboxylic acids is 1. The zero-order chi connectivity index (χ0) is 70.6. The molecule has 0 aliphatic carbocycles. The molecule has 7 fully saturated rings. The smallest absolute Gasteiger partial charge is 0.364 e. The largest absolute Gasteiger partial charge is 0.477 e. The van der Waals surface area contributed by atoms with Gasteiger partial charge in [-0.15, -0.1) is 0 Å². The van der Waals surface area contributed by atoms with Crippen molar-refractivity contribution in [1.82, 2.24) is 21.3 Å². The van der Waals surface area contributed by atoms with Crippen molar-refractivity contribution >= 4 is 29.6 Å². The van der Waals surface area contributed by atoms with Gasteiger partial charge >= 0.3 is 5.97 Å². The Morgan fingerprint density at radius 3 is 1.48 bits per heavy atom. The molecule has 0 saturated carbocycles. The van der Waals surface area contributed by atoms with E-state index in [1.54, 1.807) is 0 Å². The van der Waals surface area contributed by atoms with Crippen LogP contribution in [0.4, 0.5) is 0 Å². The number of amides is 4. The molecule has 0 radical (unpaired) electrons. The Morgan fingerprint density at radius 1 is 0.453 bits per heavy atom. The summed E-state index contributed by atoms with van der Waals surface area (Å²) in [5.74, 6) is -8.83. The molecule has 548 valence electrons. The molecule has 42 heteroatoms. The molecule has 0 aromatic heterocycles. The maximum absolute atomic E-state index is 13.1. The van der Waals surface area contributed by atoms with E-state index in [-0.39, 0.29) is 0 Å². The molecular formula is C53H88N4O38. The lowest BCUT2D eigenvalue weighted by Gasteiger charge is -2.51. The molecule has 24 N–H and O–H groups in total. The number of aliphatic hydroxyl groups is 19. The van der Waals surface area contributed by atoms with Crippen molar-refractivity contribution < 1.29 is 188 Å². The first kappa shape index (κ1) is 78.4. The van der Waals surface area contributed by atoms with Crippen LogP contribution in [0.1, 0.15) is 41.0 Å². The van der Waals surface area contributed by atoms with E-state index in [0.29, 0.717) is 0 Å². The fraction of sp³-hybridized carbons (Fsp3) is 0.906. The lowest BCUT2D eigenvalue weighted by molar-refractivity contribution is -0.385. The number of carboxylic acids is 1. The molecule has 0 aromatic rings. The third-order valence-corrected chi connectivity index (χ3v) is 17.1. The van der Waals surface area contributed by atoms with Crippen molar-refractivity contribution in [3.05, 3.63) is 0 Å². The molecule has 7 aliphatic rings. The number of carbonyl (C=O) groups is 5. The molecular weight excluding hydrogens is 1300 g/mol. The number of carboxylic acid groups (broad SMARTS) is 1. The Bertz CT molecular complexity index is 2520. The van der Waals surface area contributed by atoms with Crippen LogP contribution < -0.4 is 21.3 Å². The lowest BCUT2D eigenvalue weighted by Crippen LogP contribution is -2.71. The minimum Gasteiger partial charge on any atom is -0.477 e. The van der Waals surface area contributed by atoms with Gasteiger partial charge in [-0.05, 0) is 6.92 Å². The Hall–Kier alpha value is -3.93. The van der Waals surface area contributed by atoms with Crippen molar-refractivity contribution in [3.63, 3.8) is 0 Å². The molecule has 95 heavy (non-hydrogen) atoms. The Labute approximate surface area is 538 Å². The highest BCUT2D eigenvalue weighted by molar-refractivity contribution is 5.77. The van der Waals surface area contributed by atoms with Gasteiger partial charge in [0.1, 0.15) is 159 Å². The van der Waals surface area contributed by atoms with Crippen LogP contribution in [0.5, 0.6) is 0 Å². The molecule has 7 aliphatic heterocycles. The van der Waals surface area contributed by atoms with Crippen molar-refractivity contribution in [2.75, 3.05) is 39.6 Å². The molecule has 4 amide bonds. The van der Waals surface area contributed by atoms with E-state index >= 15 is 0 Å². The highest BCUT2D eigenvalue weighted by atomic mass is 16.8. The van der Waals surface area contributed by atoms with Crippen LogP contribution in [-0.2, 0) is 85.6 Å². The topological polar surface area (TPSA) is 658 Å². The van der Waals surface area contributed by atoms with E-state index in [1.807, 2.05) is 0 Å². The summed E-state index contributed by atoms with van der Waals surface area (Å²) in [5, 5.41) is 228. The second-order valence-electron chi connectivity index (χ2n) is 24.0. The Morgan fingerprint density at radius 2 is 0.916 bits per heavy atom. The standard InChI is InChI=1S/C53H88N4O38/c1-13-29(69)36(76)38(78)49(84-13)93-45-37(77)31(71)20(8-59)88-51(45)92-42-28(57-17(5)66)48(86-21(9-60)32(42)72)91-41-27(56-16(4)65)46(80)85-24(34(41)74)12-83-47-26(55-15(3)64)35(75)40(23(11-62)89-47)90-50-39(79)44(33(73)22(10-61)87-50)95-53(52(81)82)6-18(67)25(54-14(2)63)43(94-53)30(70)19(68)7-58/h13,18-51,58-62,67-80H,6-12H2,1-5H3,(H,54,63)(H,55,64)(H,56,65)(H,57,66)(H,81,82)/t13-,18-,19+,20+,21+,22+,23+,24+,25+,26+,27+,28+,29+,30+,31-,32+,33-,34-,35+,36+,37-,38-,39+,40+,41+,42+,43+,44-,45+,46?,47+,48-,49-,50-,51-,53-/m0/s1. The zero-order valence-electron chi connectivity index (χ0n) is 51.4. The Balaban J connectivity index is 1.12. The van der Waals surface area contributed by atoms with Crippen LogP contribution in [0, 0.1) is 0 Å². The average Bonchev–Trinajstić information content (AvgIpc) is 0.763.